The molecular weight excluding hydrogens is 767 g/mol. The van der Waals surface area contributed by atoms with Crippen molar-refractivity contribution in [3.8, 4) is 0 Å². The van der Waals surface area contributed by atoms with Gasteiger partial charge in [-0.2, -0.15) is 0 Å². The van der Waals surface area contributed by atoms with Gasteiger partial charge in [-0.05, 0) is 64.2 Å². The van der Waals surface area contributed by atoms with E-state index in [2.05, 4.69) is 74.7 Å². The first-order valence-corrected chi connectivity index (χ1v) is 26.9. The molecule has 6 nitrogen and oxygen atoms in total. The second kappa shape index (κ2) is 49.8. The van der Waals surface area contributed by atoms with Crippen LogP contribution < -0.4 is 5.32 Å². The Labute approximate surface area is 385 Å². The van der Waals surface area contributed by atoms with Crippen molar-refractivity contribution in [2.75, 3.05) is 6.61 Å². The fraction of sp³-hybridized carbons (Fsp3) is 0.821. The Morgan fingerprint density at radius 3 is 1.31 bits per heavy atom. The number of aliphatic hydroxyl groups is 2. The number of unbranched alkanes of at least 4 members (excludes halogenated alkanes) is 28. The predicted octanol–water partition coefficient (Wildman–Crippen LogP) is 16.2. The van der Waals surface area contributed by atoms with Crippen molar-refractivity contribution in [2.45, 2.75) is 289 Å². The number of ether oxygens (including phenoxy) is 1. The van der Waals surface area contributed by atoms with Crippen LogP contribution in [0, 0.1) is 0 Å². The molecule has 1 amide bonds. The van der Waals surface area contributed by atoms with E-state index in [9.17, 15) is 19.8 Å². The van der Waals surface area contributed by atoms with Crippen molar-refractivity contribution in [3.63, 3.8) is 0 Å². The lowest BCUT2D eigenvalue weighted by molar-refractivity contribution is -0.151. The van der Waals surface area contributed by atoms with Gasteiger partial charge in [-0.15, -0.1) is 0 Å². The first-order valence-electron chi connectivity index (χ1n) is 26.9. The highest BCUT2D eigenvalue weighted by molar-refractivity contribution is 5.77. The van der Waals surface area contributed by atoms with E-state index in [1.54, 1.807) is 0 Å². The summed E-state index contributed by atoms with van der Waals surface area (Å²) in [5, 5.41) is 23.8. The number of hydrogen-bond acceptors (Lipinski definition) is 5. The topological polar surface area (TPSA) is 95.9 Å². The van der Waals surface area contributed by atoms with E-state index in [-0.39, 0.29) is 24.9 Å². The van der Waals surface area contributed by atoms with Gasteiger partial charge in [0.25, 0.3) is 0 Å². The van der Waals surface area contributed by atoms with Gasteiger partial charge in [0.2, 0.25) is 5.91 Å². The average molecular weight is 870 g/mol. The molecule has 0 aliphatic carbocycles. The van der Waals surface area contributed by atoms with Crippen LogP contribution in [0.25, 0.3) is 0 Å². The molecule has 0 aromatic carbocycles. The van der Waals surface area contributed by atoms with E-state index in [1.165, 1.54) is 141 Å². The zero-order chi connectivity index (χ0) is 45.2. The second-order valence-electron chi connectivity index (χ2n) is 18.3. The molecule has 0 saturated heterocycles. The number of hydrogen-bond donors (Lipinski definition) is 3. The van der Waals surface area contributed by atoms with Gasteiger partial charge in [0.05, 0.1) is 25.2 Å². The van der Waals surface area contributed by atoms with Crippen LogP contribution >= 0.6 is 0 Å². The Morgan fingerprint density at radius 2 is 0.871 bits per heavy atom. The number of esters is 1. The van der Waals surface area contributed by atoms with Crippen molar-refractivity contribution in [1.82, 2.24) is 5.32 Å². The normalized spacial score (nSPS) is 13.6. The highest BCUT2D eigenvalue weighted by Crippen LogP contribution is 2.18. The molecule has 6 heteroatoms. The molecule has 362 valence electrons. The third-order valence-electron chi connectivity index (χ3n) is 12.2. The summed E-state index contributed by atoms with van der Waals surface area (Å²) in [6.45, 7) is 6.38. The number of rotatable bonds is 48. The molecule has 0 aliphatic rings. The van der Waals surface area contributed by atoms with Crippen LogP contribution in [0.5, 0.6) is 0 Å². The number of amides is 1. The summed E-state index contributed by atoms with van der Waals surface area (Å²) in [7, 11) is 0. The Morgan fingerprint density at radius 1 is 0.484 bits per heavy atom. The summed E-state index contributed by atoms with van der Waals surface area (Å²) in [5.41, 5.74) is 0. The smallest absolute Gasteiger partial charge is 0.306 e. The number of allylic oxidation sites excluding steroid dienone is 8. The average Bonchev–Trinajstić information content (AvgIpc) is 3.26. The summed E-state index contributed by atoms with van der Waals surface area (Å²) in [4.78, 5) is 26.2. The highest BCUT2D eigenvalue weighted by Gasteiger charge is 2.24. The molecule has 0 aliphatic heterocycles. The summed E-state index contributed by atoms with van der Waals surface area (Å²) >= 11 is 0. The lowest BCUT2D eigenvalue weighted by atomic mass is 10.0. The molecule has 3 N–H and O–H groups in total. The van der Waals surface area contributed by atoms with Crippen molar-refractivity contribution in [3.05, 3.63) is 48.6 Å². The molecule has 0 heterocycles. The van der Waals surface area contributed by atoms with Crippen LogP contribution in [0.1, 0.15) is 271 Å². The second-order valence-corrected chi connectivity index (χ2v) is 18.3. The Kier molecular flexibility index (Phi) is 48.1. The number of nitrogens with one attached hydrogen (secondary N) is 1. The Bertz CT molecular complexity index is 1070. The first kappa shape index (κ1) is 59.8. The van der Waals surface area contributed by atoms with Crippen LogP contribution in [0.4, 0.5) is 0 Å². The third-order valence-corrected chi connectivity index (χ3v) is 12.2. The van der Waals surface area contributed by atoms with Gasteiger partial charge >= 0.3 is 5.97 Å². The van der Waals surface area contributed by atoms with Gasteiger partial charge in [-0.1, -0.05) is 243 Å². The number of carbonyl (C=O) groups excluding carboxylic acids is 2. The van der Waals surface area contributed by atoms with E-state index in [4.69, 9.17) is 4.74 Å². The lowest BCUT2D eigenvalue weighted by Crippen LogP contribution is -2.46. The molecule has 0 saturated carbocycles. The van der Waals surface area contributed by atoms with Gasteiger partial charge in [0, 0.05) is 6.42 Å². The van der Waals surface area contributed by atoms with E-state index < -0.39 is 18.2 Å². The number of carbonyl (C=O) groups is 2. The highest BCUT2D eigenvalue weighted by atomic mass is 16.5. The van der Waals surface area contributed by atoms with Gasteiger partial charge in [-0.25, -0.2) is 0 Å². The lowest BCUT2D eigenvalue weighted by Gasteiger charge is -2.24. The molecule has 3 unspecified atom stereocenters. The third kappa shape index (κ3) is 44.4. The summed E-state index contributed by atoms with van der Waals surface area (Å²) in [6.07, 6.45) is 60.2. The van der Waals surface area contributed by atoms with Gasteiger partial charge in [0.15, 0.2) is 0 Å². The van der Waals surface area contributed by atoms with Gasteiger partial charge < -0.3 is 20.3 Å². The van der Waals surface area contributed by atoms with E-state index in [0.717, 1.165) is 83.5 Å². The van der Waals surface area contributed by atoms with Gasteiger partial charge in [0.1, 0.15) is 6.10 Å². The molecular formula is C56H103NO5. The predicted molar refractivity (Wildman–Crippen MR) is 269 cm³/mol. The fourth-order valence-electron chi connectivity index (χ4n) is 8.13. The molecule has 3 atom stereocenters. The van der Waals surface area contributed by atoms with Crippen LogP contribution in [0.3, 0.4) is 0 Å². The summed E-state index contributed by atoms with van der Waals surface area (Å²) < 4.78 is 5.93. The van der Waals surface area contributed by atoms with Crippen molar-refractivity contribution < 1.29 is 24.5 Å². The van der Waals surface area contributed by atoms with Crippen LogP contribution in [0.15, 0.2) is 48.6 Å². The van der Waals surface area contributed by atoms with E-state index >= 15 is 0 Å². The van der Waals surface area contributed by atoms with Crippen molar-refractivity contribution in [2.24, 2.45) is 0 Å². The molecule has 0 radical (unpaired) electrons. The molecule has 62 heavy (non-hydrogen) atoms. The summed E-state index contributed by atoms with van der Waals surface area (Å²) in [6, 6.07) is -0.706. The van der Waals surface area contributed by atoms with Crippen LogP contribution in [-0.2, 0) is 14.3 Å². The minimum absolute atomic E-state index is 0.0674. The zero-order valence-electron chi connectivity index (χ0n) is 41.3. The maximum absolute atomic E-state index is 13.2. The minimum atomic E-state index is -0.792. The van der Waals surface area contributed by atoms with Crippen molar-refractivity contribution in [1.29, 1.82) is 0 Å². The van der Waals surface area contributed by atoms with Crippen LogP contribution in [-0.4, -0.2) is 46.9 Å². The SMILES string of the molecule is CC/C=C/C/C=C/C/C=C/C/C=C/CCCCCC(=O)OC(CCCCCCCCCCCCCCCC)CC(=O)NC(CO)C(O)CCCCCCCCCCCCCCC. The molecule has 0 bridgehead atoms. The Balaban J connectivity index is 4.61. The Hall–Kier alpha value is -2.18. The molecule has 0 aromatic rings. The van der Waals surface area contributed by atoms with Crippen LogP contribution in [0.2, 0.25) is 0 Å². The largest absolute Gasteiger partial charge is 0.462 e. The minimum Gasteiger partial charge on any atom is -0.462 e. The zero-order valence-corrected chi connectivity index (χ0v) is 41.3. The first-order chi connectivity index (χ1) is 30.5. The molecule has 0 fully saturated rings. The molecule has 0 spiro atoms. The van der Waals surface area contributed by atoms with Crippen molar-refractivity contribution >= 4 is 11.9 Å². The van der Waals surface area contributed by atoms with E-state index in [0.29, 0.717) is 19.3 Å². The molecule has 0 aromatic heterocycles. The monoisotopic (exact) mass is 870 g/mol. The molecule has 0 rings (SSSR count). The van der Waals surface area contributed by atoms with Gasteiger partial charge in [-0.3, -0.25) is 9.59 Å². The number of aliphatic hydroxyl groups excluding tert-OH is 2. The quantitative estimate of drug-likeness (QED) is 0.0322. The fourth-order valence-corrected chi connectivity index (χ4v) is 8.13. The maximum Gasteiger partial charge on any atom is 0.306 e. The standard InChI is InChI=1S/C56H103NO5/c1-4-7-10-13-16-19-22-25-27-28-31-34-37-40-43-46-49-56(61)62-52(47-44-41-38-35-32-30-26-23-20-17-14-11-8-5-2)50-55(60)57-53(51-58)54(59)48-45-42-39-36-33-29-24-21-18-15-12-9-6-3/h7,10,16,19,25,27,31,34,52-54,58-59H,4-6,8-9,11-15,17-18,20-24,26,28-30,32-33,35-51H2,1-3H3,(H,57,60)/b10-7+,19-16+,27-25+,34-31+. The van der Waals surface area contributed by atoms with E-state index in [1.807, 2.05) is 0 Å². The summed E-state index contributed by atoms with van der Waals surface area (Å²) in [5.74, 6) is -0.500. The maximum atomic E-state index is 13.2.